The zero-order valence-electron chi connectivity index (χ0n) is 13.4. The van der Waals surface area contributed by atoms with E-state index in [4.69, 9.17) is 0 Å². The zero-order valence-corrected chi connectivity index (χ0v) is 15.0. The van der Waals surface area contributed by atoms with Gasteiger partial charge in [0.1, 0.15) is 27.8 Å². The van der Waals surface area contributed by atoms with E-state index in [-0.39, 0.29) is 5.82 Å². The van der Waals surface area contributed by atoms with Crippen molar-refractivity contribution in [2.24, 2.45) is 0 Å². The van der Waals surface area contributed by atoms with Crippen molar-refractivity contribution in [2.75, 3.05) is 0 Å². The van der Waals surface area contributed by atoms with Gasteiger partial charge in [0.05, 0.1) is 5.39 Å². The predicted octanol–water partition coefficient (Wildman–Crippen LogP) is 4.72. The Labute approximate surface area is 151 Å². The average Bonchev–Trinajstić information content (AvgIpc) is 3.24. The van der Waals surface area contributed by atoms with Crippen molar-refractivity contribution in [3.63, 3.8) is 0 Å². The molecule has 0 aliphatic carbocycles. The molecule has 0 aliphatic rings. The minimum atomic E-state index is -0.252. The first kappa shape index (κ1) is 16.2. The number of nitrogens with one attached hydrogen (secondary N) is 1. The van der Waals surface area contributed by atoms with Crippen LogP contribution in [0.2, 0.25) is 0 Å². The summed E-state index contributed by atoms with van der Waals surface area (Å²) in [4.78, 5) is 14.2. The van der Waals surface area contributed by atoms with Crippen molar-refractivity contribution >= 4 is 33.3 Å². The van der Waals surface area contributed by atoms with Crippen LogP contribution in [0.15, 0.2) is 46.2 Å². The van der Waals surface area contributed by atoms with Gasteiger partial charge >= 0.3 is 0 Å². The summed E-state index contributed by atoms with van der Waals surface area (Å²) in [6.07, 6.45) is 3.43. The van der Waals surface area contributed by atoms with Crippen LogP contribution >= 0.6 is 23.1 Å². The Hall–Kier alpha value is -2.32. The molecule has 1 N–H and O–H groups in total. The molecule has 3 heterocycles. The van der Waals surface area contributed by atoms with Gasteiger partial charge in [0, 0.05) is 17.4 Å². The molecule has 5 nitrogen and oxygen atoms in total. The van der Waals surface area contributed by atoms with Crippen molar-refractivity contribution in [3.05, 3.63) is 47.6 Å². The normalized spacial score (nSPS) is 11.3. The van der Waals surface area contributed by atoms with Crippen LogP contribution in [0.4, 0.5) is 4.39 Å². The lowest BCUT2D eigenvalue weighted by molar-refractivity contribution is 0.628. The molecule has 1 aromatic carbocycles. The maximum Gasteiger partial charge on any atom is 0.214 e. The predicted molar refractivity (Wildman–Crippen MR) is 97.3 cm³/mol. The first-order valence-electron chi connectivity index (χ1n) is 7.82. The summed E-state index contributed by atoms with van der Waals surface area (Å²) in [5.41, 5.74) is 1.93. The average molecular weight is 371 g/mol. The Morgan fingerprint density at radius 1 is 1.20 bits per heavy atom. The first-order valence-corrected chi connectivity index (χ1v) is 9.51. The van der Waals surface area contributed by atoms with E-state index in [0.29, 0.717) is 5.16 Å². The number of aryl methyl sites for hydroxylation is 1. The number of rotatable bonds is 5. The molecular weight excluding hydrogens is 357 g/mol. The van der Waals surface area contributed by atoms with Crippen LogP contribution in [0.1, 0.15) is 19.2 Å². The molecule has 0 aliphatic heterocycles. The summed E-state index contributed by atoms with van der Waals surface area (Å²) in [7, 11) is 0. The highest BCUT2D eigenvalue weighted by Crippen LogP contribution is 2.39. The molecule has 0 saturated carbocycles. The van der Waals surface area contributed by atoms with Crippen LogP contribution in [0, 0.1) is 5.82 Å². The third kappa shape index (κ3) is 3.27. The van der Waals surface area contributed by atoms with E-state index in [1.165, 1.54) is 23.9 Å². The van der Waals surface area contributed by atoms with E-state index in [1.54, 1.807) is 29.8 Å². The monoisotopic (exact) mass is 371 g/mol. The fraction of sp³-hybridized carbons (Fsp3) is 0.176. The molecule has 25 heavy (non-hydrogen) atoms. The number of halogens is 1. The molecule has 4 aromatic rings. The maximum atomic E-state index is 13.2. The quantitative estimate of drug-likeness (QED) is 0.514. The number of thiophene rings is 1. The topological polar surface area (TPSA) is 67.3 Å². The molecule has 0 radical (unpaired) electrons. The van der Waals surface area contributed by atoms with Crippen LogP contribution in [0.5, 0.6) is 0 Å². The van der Waals surface area contributed by atoms with Gasteiger partial charge in [-0.05, 0) is 35.9 Å². The minimum Gasteiger partial charge on any atom is -0.262 e. The highest BCUT2D eigenvalue weighted by molar-refractivity contribution is 7.99. The fourth-order valence-electron chi connectivity index (χ4n) is 2.53. The molecule has 0 fully saturated rings. The minimum absolute atomic E-state index is 0.252. The van der Waals surface area contributed by atoms with E-state index in [9.17, 15) is 4.39 Å². The molecule has 4 rings (SSSR count). The van der Waals surface area contributed by atoms with Gasteiger partial charge in [0.15, 0.2) is 0 Å². The Balaban J connectivity index is 1.75. The summed E-state index contributed by atoms with van der Waals surface area (Å²) >= 11 is 2.95. The van der Waals surface area contributed by atoms with Gasteiger partial charge < -0.3 is 0 Å². The van der Waals surface area contributed by atoms with Crippen LogP contribution in [0.3, 0.4) is 0 Å². The van der Waals surface area contributed by atoms with Gasteiger partial charge in [-0.1, -0.05) is 19.1 Å². The third-order valence-electron chi connectivity index (χ3n) is 3.68. The lowest BCUT2D eigenvalue weighted by Gasteiger charge is -2.03. The molecule has 0 amide bonds. The molecule has 8 heteroatoms. The molecule has 0 bridgehead atoms. The number of fused-ring (bicyclic) bond motifs is 1. The standard InChI is InChI=1S/C17H14FN5S2/c1-2-3-13-21-17(23-22-13)25-16-14-12(8-24-15(14)19-9-20-16)10-4-6-11(18)7-5-10/h4-9H,2-3H2,1H3,(H,21,22,23). The smallest absolute Gasteiger partial charge is 0.214 e. The molecule has 126 valence electrons. The largest absolute Gasteiger partial charge is 0.262 e. The Kier molecular flexibility index (Phi) is 4.46. The summed E-state index contributed by atoms with van der Waals surface area (Å²) in [6, 6.07) is 6.46. The Morgan fingerprint density at radius 3 is 2.84 bits per heavy atom. The van der Waals surface area contributed by atoms with Gasteiger partial charge in [0.2, 0.25) is 5.16 Å². The Bertz CT molecular complexity index is 1010. The highest BCUT2D eigenvalue weighted by Gasteiger charge is 2.16. The number of H-pyrrole nitrogens is 1. The molecule has 0 atom stereocenters. The van der Waals surface area contributed by atoms with E-state index in [0.717, 1.165) is 45.0 Å². The van der Waals surface area contributed by atoms with Crippen LogP contribution < -0.4 is 0 Å². The van der Waals surface area contributed by atoms with Gasteiger partial charge in [0.25, 0.3) is 0 Å². The zero-order chi connectivity index (χ0) is 17.2. The van der Waals surface area contributed by atoms with Gasteiger partial charge in [-0.25, -0.2) is 19.3 Å². The number of nitrogens with zero attached hydrogens (tertiary/aromatic N) is 4. The van der Waals surface area contributed by atoms with E-state index in [2.05, 4.69) is 32.1 Å². The van der Waals surface area contributed by atoms with E-state index >= 15 is 0 Å². The van der Waals surface area contributed by atoms with E-state index in [1.807, 2.05) is 5.38 Å². The lowest BCUT2D eigenvalue weighted by atomic mass is 10.1. The van der Waals surface area contributed by atoms with Gasteiger partial charge in [-0.2, -0.15) is 0 Å². The number of hydrogen-bond donors (Lipinski definition) is 1. The summed E-state index contributed by atoms with van der Waals surface area (Å²) in [5, 5.41) is 11.6. The van der Waals surface area contributed by atoms with Crippen LogP contribution in [-0.2, 0) is 6.42 Å². The number of benzene rings is 1. The van der Waals surface area contributed by atoms with Crippen molar-refractivity contribution in [2.45, 2.75) is 29.9 Å². The fourth-order valence-corrected chi connectivity index (χ4v) is 4.33. The molecular formula is C17H14FN5S2. The summed E-state index contributed by atoms with van der Waals surface area (Å²) < 4.78 is 13.2. The lowest BCUT2D eigenvalue weighted by Crippen LogP contribution is -1.87. The number of aromatic nitrogens is 5. The van der Waals surface area contributed by atoms with E-state index < -0.39 is 0 Å². The second kappa shape index (κ2) is 6.89. The molecule has 0 spiro atoms. The molecule has 3 aromatic heterocycles. The number of aromatic amines is 1. The third-order valence-corrected chi connectivity index (χ3v) is 5.43. The second-order valence-corrected chi connectivity index (χ2v) is 7.25. The van der Waals surface area contributed by atoms with Gasteiger partial charge in [-0.3, -0.25) is 5.10 Å². The SMILES string of the molecule is CCCc1nc(Sc2ncnc3scc(-c4ccc(F)cc4)c23)n[nH]1. The van der Waals surface area contributed by atoms with Crippen LogP contribution in [0.25, 0.3) is 21.3 Å². The van der Waals surface area contributed by atoms with Crippen molar-refractivity contribution < 1.29 is 4.39 Å². The molecule has 0 saturated heterocycles. The van der Waals surface area contributed by atoms with Crippen LogP contribution in [-0.4, -0.2) is 25.1 Å². The number of hydrogen-bond acceptors (Lipinski definition) is 6. The van der Waals surface area contributed by atoms with Crippen molar-refractivity contribution in [1.82, 2.24) is 25.1 Å². The van der Waals surface area contributed by atoms with Gasteiger partial charge in [-0.15, -0.1) is 16.4 Å². The summed E-state index contributed by atoms with van der Waals surface area (Å²) in [6.45, 7) is 2.10. The Morgan fingerprint density at radius 2 is 2.04 bits per heavy atom. The maximum absolute atomic E-state index is 13.2. The first-order chi connectivity index (χ1) is 12.2. The second-order valence-electron chi connectivity index (χ2n) is 5.43. The van der Waals surface area contributed by atoms with Crippen molar-refractivity contribution in [3.8, 4) is 11.1 Å². The summed E-state index contributed by atoms with van der Waals surface area (Å²) in [5.74, 6) is 0.623. The van der Waals surface area contributed by atoms with Crippen molar-refractivity contribution in [1.29, 1.82) is 0 Å². The highest BCUT2D eigenvalue weighted by atomic mass is 32.2. The molecule has 0 unspecified atom stereocenters.